The number of ketones is 2. The van der Waals surface area contributed by atoms with Gasteiger partial charge in [0.1, 0.15) is 48.4 Å². The van der Waals surface area contributed by atoms with E-state index in [1.165, 1.54) is 47.7 Å². The maximum atomic E-state index is 13.9. The van der Waals surface area contributed by atoms with Gasteiger partial charge in [0.15, 0.2) is 23.0 Å². The summed E-state index contributed by atoms with van der Waals surface area (Å²) in [7, 11) is -4.68. The summed E-state index contributed by atoms with van der Waals surface area (Å²) in [5.74, 6) is -1.79. The lowest BCUT2D eigenvalue weighted by molar-refractivity contribution is -0.0459. The summed E-state index contributed by atoms with van der Waals surface area (Å²) < 4.78 is 37.8. The average molecular weight is 934 g/mol. The number of aliphatic hydroxyl groups is 4. The number of rotatable bonds is 18. The van der Waals surface area contributed by atoms with Crippen LogP contribution in [-0.4, -0.2) is 129 Å². The molecular weight excluding hydrogens is 885 g/mol. The SMILES string of the molecule is Nc1nc(=O)n([C@H]2C[C@H](O)[C@@H](CO)O2)cc1Cc1ccc2c(c1)C(=O)c1cc(C(=O)NCCCCC(CO)COP(=O)(O)O[C@H]3C[C@H](n4cnc5c(N)ncnc54)O[C@@H]3CO)ccc1C2=O. The number of ether oxygens (including phenoxy) is 2. The van der Waals surface area contributed by atoms with Crippen LogP contribution in [0.5, 0.6) is 0 Å². The highest BCUT2D eigenvalue weighted by Crippen LogP contribution is 2.49. The Bertz CT molecular complexity index is 2770. The van der Waals surface area contributed by atoms with Gasteiger partial charge in [0.05, 0.1) is 32.3 Å². The second-order valence-electron chi connectivity index (χ2n) is 16.3. The molecule has 8 rings (SSSR count). The quantitative estimate of drug-likeness (QED) is 0.0431. The maximum absolute atomic E-state index is 13.9. The van der Waals surface area contributed by atoms with E-state index in [0.717, 1.165) is 0 Å². The molecule has 10 N–H and O–H groups in total. The van der Waals surface area contributed by atoms with E-state index in [-0.39, 0.29) is 78.5 Å². The van der Waals surface area contributed by atoms with Crippen LogP contribution in [0.1, 0.15) is 97.9 Å². The molecule has 66 heavy (non-hydrogen) atoms. The normalized spacial score (nSPS) is 22.9. The fraction of sp³-hybridized carbons (Fsp3) is 0.429. The van der Waals surface area contributed by atoms with Crippen LogP contribution in [0, 0.1) is 5.92 Å². The highest BCUT2D eigenvalue weighted by Gasteiger charge is 2.42. The number of imidazole rings is 1. The number of benzene rings is 2. The molecule has 23 nitrogen and oxygen atoms in total. The van der Waals surface area contributed by atoms with Crippen molar-refractivity contribution in [3.8, 4) is 0 Å². The number of unbranched alkanes of at least 4 members (excludes halogenated alkanes) is 1. The van der Waals surface area contributed by atoms with Crippen LogP contribution in [0.4, 0.5) is 11.6 Å². The molecule has 2 aliphatic heterocycles. The van der Waals surface area contributed by atoms with Crippen LogP contribution < -0.4 is 22.5 Å². The van der Waals surface area contributed by atoms with Crippen molar-refractivity contribution < 1.29 is 62.8 Å². The van der Waals surface area contributed by atoms with E-state index in [4.69, 9.17) is 30.0 Å². The summed E-state index contributed by atoms with van der Waals surface area (Å²) in [6, 6.07) is 9.01. The van der Waals surface area contributed by atoms with E-state index in [0.29, 0.717) is 41.6 Å². The van der Waals surface area contributed by atoms with Gasteiger partial charge in [0.2, 0.25) is 0 Å². The van der Waals surface area contributed by atoms with E-state index in [1.807, 2.05) is 0 Å². The Morgan fingerprint density at radius 1 is 0.894 bits per heavy atom. The number of hydrogen-bond acceptors (Lipinski definition) is 19. The van der Waals surface area contributed by atoms with Crippen molar-refractivity contribution in [2.24, 2.45) is 5.92 Å². The molecule has 2 fully saturated rings. The maximum Gasteiger partial charge on any atom is 0.472 e. The summed E-state index contributed by atoms with van der Waals surface area (Å²) in [5, 5.41) is 42.3. The molecule has 24 heteroatoms. The topological polar surface area (TPSA) is 349 Å². The van der Waals surface area contributed by atoms with Gasteiger partial charge in [-0.25, -0.2) is 24.3 Å². The number of carbonyl (C=O) groups excluding carboxylic acids is 3. The van der Waals surface area contributed by atoms with Crippen LogP contribution in [0.25, 0.3) is 11.2 Å². The van der Waals surface area contributed by atoms with Crippen LogP contribution >= 0.6 is 7.82 Å². The van der Waals surface area contributed by atoms with E-state index in [2.05, 4.69) is 25.3 Å². The van der Waals surface area contributed by atoms with Crippen molar-refractivity contribution in [2.45, 2.75) is 75.4 Å². The van der Waals surface area contributed by atoms with Crippen molar-refractivity contribution in [3.63, 3.8) is 0 Å². The summed E-state index contributed by atoms with van der Waals surface area (Å²) in [5.41, 5.74) is 13.6. The van der Waals surface area contributed by atoms with Gasteiger partial charge >= 0.3 is 13.5 Å². The molecule has 1 aliphatic carbocycles. The van der Waals surface area contributed by atoms with Crippen molar-refractivity contribution >= 4 is 48.1 Å². The highest BCUT2D eigenvalue weighted by molar-refractivity contribution is 7.47. The zero-order valence-electron chi connectivity index (χ0n) is 35.2. The Kier molecular flexibility index (Phi) is 13.8. The molecule has 3 aliphatic rings. The molecule has 0 radical (unpaired) electrons. The molecule has 2 saturated heterocycles. The first kappa shape index (κ1) is 46.7. The summed E-state index contributed by atoms with van der Waals surface area (Å²) in [6.07, 6.45) is 0.210. The minimum Gasteiger partial charge on any atom is -0.396 e. The van der Waals surface area contributed by atoms with Gasteiger partial charge in [0, 0.05) is 77.9 Å². The molecule has 5 heterocycles. The van der Waals surface area contributed by atoms with Gasteiger partial charge in [-0.15, -0.1) is 0 Å². The number of fused-ring (bicyclic) bond motifs is 3. The summed E-state index contributed by atoms with van der Waals surface area (Å²) in [6.45, 7) is -1.41. The Hall–Kier alpha value is -5.85. The van der Waals surface area contributed by atoms with Gasteiger partial charge in [-0.05, 0) is 42.7 Å². The van der Waals surface area contributed by atoms with E-state index in [1.54, 1.807) is 16.7 Å². The van der Waals surface area contributed by atoms with Gasteiger partial charge in [-0.3, -0.25) is 32.6 Å². The van der Waals surface area contributed by atoms with Crippen LogP contribution in [0.2, 0.25) is 0 Å². The third kappa shape index (κ3) is 9.67. The van der Waals surface area contributed by atoms with Gasteiger partial charge < -0.3 is 51.6 Å². The number of nitrogens with two attached hydrogens (primary N) is 2. The van der Waals surface area contributed by atoms with E-state index in [9.17, 15) is 49.1 Å². The molecule has 0 bridgehead atoms. The molecule has 350 valence electrons. The lowest BCUT2D eigenvalue weighted by atomic mass is 9.82. The monoisotopic (exact) mass is 933 g/mol. The number of amides is 1. The first-order chi connectivity index (χ1) is 31.7. The van der Waals surface area contributed by atoms with Crippen molar-refractivity contribution in [3.05, 3.63) is 105 Å². The van der Waals surface area contributed by atoms with E-state index >= 15 is 0 Å². The number of nitrogens with zero attached hydrogens (tertiary/aromatic N) is 6. The van der Waals surface area contributed by atoms with Gasteiger partial charge in [-0.2, -0.15) is 4.98 Å². The standard InChI is InChI=1S/C42H48N9O14P/c43-38-24(14-50(42(59)49-38)33-12-29(55)31(16-53)63-33)9-21-4-6-25-27(10-21)37(57)28-11-23(5-7-26(28)36(25)56)41(58)45-8-2-1-3-22(15-52)18-62-66(60,61)65-30-13-34(64-32(30)17-54)51-20-48-35-39(44)46-19-47-40(35)51/h4-7,10-11,14,19-20,22,29-34,52-55H,1-3,8-9,12-13,15-18H2,(H,45,58)(H,60,61)(H2,43,49,59)(H2,44,46,47)/t22?,29-,30-,31+,32+,33+,34+/m0/s1. The molecule has 8 atom stereocenters. The smallest absolute Gasteiger partial charge is 0.396 e. The minimum atomic E-state index is -4.68. The zero-order valence-corrected chi connectivity index (χ0v) is 36.1. The molecule has 2 aromatic carbocycles. The number of aromatic nitrogens is 6. The fourth-order valence-electron chi connectivity index (χ4n) is 8.30. The highest BCUT2D eigenvalue weighted by atomic mass is 31.2. The molecule has 2 unspecified atom stereocenters. The van der Waals surface area contributed by atoms with Crippen molar-refractivity contribution in [2.75, 3.05) is 44.4 Å². The molecule has 5 aromatic rings. The van der Waals surface area contributed by atoms with Crippen LogP contribution in [-0.2, 0) is 29.5 Å². The lowest BCUT2D eigenvalue weighted by Gasteiger charge is -2.21. The second-order valence-corrected chi connectivity index (χ2v) is 17.7. The van der Waals surface area contributed by atoms with Crippen LogP contribution in [0.3, 0.4) is 0 Å². The zero-order chi connectivity index (χ0) is 46.9. The van der Waals surface area contributed by atoms with Crippen molar-refractivity contribution in [1.29, 1.82) is 0 Å². The minimum absolute atomic E-state index is 0.0505. The molecule has 0 spiro atoms. The Labute approximate surface area is 375 Å². The molecule has 3 aromatic heterocycles. The number of aliphatic hydroxyl groups excluding tert-OH is 4. The number of nitrogen functional groups attached to an aromatic ring is 2. The van der Waals surface area contributed by atoms with Gasteiger partial charge in [-0.1, -0.05) is 18.6 Å². The number of hydrogen-bond donors (Lipinski definition) is 8. The van der Waals surface area contributed by atoms with E-state index < -0.39 is 87.0 Å². The summed E-state index contributed by atoms with van der Waals surface area (Å²) in [4.78, 5) is 80.0. The van der Waals surface area contributed by atoms with Gasteiger partial charge in [0.25, 0.3) is 5.91 Å². The predicted octanol–water partition coefficient (Wildman–Crippen LogP) is 0.545. The average Bonchev–Trinajstić information content (AvgIpc) is 4.03. The first-order valence-corrected chi connectivity index (χ1v) is 22.6. The number of carbonyl (C=O) groups is 3. The predicted molar refractivity (Wildman–Crippen MR) is 230 cm³/mol. The van der Waals surface area contributed by atoms with Crippen molar-refractivity contribution in [1.82, 2.24) is 34.4 Å². The lowest BCUT2D eigenvalue weighted by Crippen LogP contribution is -2.29. The number of phosphoric acid groups is 1. The number of phosphoric ester groups is 1. The third-order valence-corrected chi connectivity index (χ3v) is 12.9. The molecule has 0 saturated carbocycles. The fourth-order valence-corrected chi connectivity index (χ4v) is 9.32. The second kappa shape index (κ2) is 19.5. The third-order valence-electron chi connectivity index (χ3n) is 11.9. The summed E-state index contributed by atoms with van der Waals surface area (Å²) >= 11 is 0. The van der Waals surface area contributed by atoms with Crippen LogP contribution in [0.15, 0.2) is 60.0 Å². The Morgan fingerprint density at radius 2 is 1.61 bits per heavy atom. The molecule has 1 amide bonds. The number of anilines is 2. The largest absolute Gasteiger partial charge is 0.472 e. The first-order valence-electron chi connectivity index (χ1n) is 21.1. The molecular formula is C42H48N9O14P. The Balaban J connectivity index is 0.820. The Morgan fingerprint density at radius 3 is 2.35 bits per heavy atom. The number of nitrogens with one attached hydrogen (secondary N) is 1.